The number of aromatic nitrogens is 1. The van der Waals surface area contributed by atoms with E-state index in [9.17, 15) is 0 Å². The Kier molecular flexibility index (Phi) is 1.22. The molecule has 1 nitrogen and oxygen atoms in total. The number of allylic oxidation sites excluding steroid dienone is 1. The smallest absolute Gasteiger partial charge is 0.0486 e. The van der Waals surface area contributed by atoms with Crippen molar-refractivity contribution in [3.8, 4) is 0 Å². The first-order chi connectivity index (χ1) is 7.36. The van der Waals surface area contributed by atoms with E-state index in [-0.39, 0.29) is 0 Å². The third kappa shape index (κ3) is 0.840. The Bertz CT molecular complexity index is 589. The lowest BCUT2D eigenvalue weighted by Gasteiger charge is -2.07. The van der Waals surface area contributed by atoms with Gasteiger partial charge >= 0.3 is 0 Å². The minimum absolute atomic E-state index is 0.808. The topological polar surface area (TPSA) is 4.93 Å². The van der Waals surface area contributed by atoms with Crippen molar-refractivity contribution < 1.29 is 0 Å². The summed E-state index contributed by atoms with van der Waals surface area (Å²) < 4.78 is 2.39. The van der Waals surface area contributed by atoms with Gasteiger partial charge in [0, 0.05) is 35.1 Å². The second kappa shape index (κ2) is 2.35. The summed E-state index contributed by atoms with van der Waals surface area (Å²) in [5.74, 6) is 1.64. The molecule has 1 heteroatoms. The van der Waals surface area contributed by atoms with Crippen molar-refractivity contribution in [1.29, 1.82) is 0 Å². The van der Waals surface area contributed by atoms with E-state index < -0.39 is 0 Å². The molecule has 0 spiro atoms. The summed E-state index contributed by atoms with van der Waals surface area (Å²) in [6.45, 7) is 0. The monoisotopic (exact) mass is 195 g/mol. The lowest BCUT2D eigenvalue weighted by atomic mass is 10.0. The summed E-state index contributed by atoms with van der Waals surface area (Å²) >= 11 is 0. The van der Waals surface area contributed by atoms with Crippen LogP contribution in [-0.4, -0.2) is 4.57 Å². The van der Waals surface area contributed by atoms with Crippen LogP contribution in [0.1, 0.15) is 23.6 Å². The first-order valence-corrected chi connectivity index (χ1v) is 5.62. The number of hydrogen-bond donors (Lipinski definition) is 0. The van der Waals surface area contributed by atoms with E-state index in [0.29, 0.717) is 0 Å². The molecule has 1 saturated carbocycles. The predicted octanol–water partition coefficient (Wildman–Crippen LogP) is 3.31. The van der Waals surface area contributed by atoms with Crippen LogP contribution in [0.2, 0.25) is 0 Å². The lowest BCUT2D eigenvalue weighted by molar-refractivity contribution is 0.828. The maximum Gasteiger partial charge on any atom is 0.0486 e. The molecule has 1 aromatic heterocycles. The summed E-state index contributed by atoms with van der Waals surface area (Å²) in [6.07, 6.45) is 6.07. The zero-order valence-corrected chi connectivity index (χ0v) is 8.77. The molecule has 2 unspecified atom stereocenters. The molecule has 0 aliphatic heterocycles. The quantitative estimate of drug-likeness (QED) is 0.607. The second-order valence-electron chi connectivity index (χ2n) is 4.74. The average Bonchev–Trinajstić information content (AvgIpc) is 3.01. The molecule has 1 aromatic carbocycles. The van der Waals surface area contributed by atoms with Gasteiger partial charge in [-0.2, -0.15) is 0 Å². The normalized spacial score (nSPS) is 26.5. The van der Waals surface area contributed by atoms with E-state index in [2.05, 4.69) is 48.0 Å². The molecule has 0 amide bonds. The number of hydrogen-bond acceptors (Lipinski definition) is 0. The Hall–Kier alpha value is -1.50. The Morgan fingerprint density at radius 3 is 3.07 bits per heavy atom. The van der Waals surface area contributed by atoms with Crippen molar-refractivity contribution in [2.24, 2.45) is 13.0 Å². The molecule has 4 rings (SSSR count). The summed E-state index contributed by atoms with van der Waals surface area (Å²) in [7, 11) is 2.20. The Balaban J connectivity index is 2.19. The first-order valence-electron chi connectivity index (χ1n) is 5.62. The molecular formula is C14H13N. The van der Waals surface area contributed by atoms with Crippen molar-refractivity contribution in [2.45, 2.75) is 12.3 Å². The highest BCUT2D eigenvalue weighted by molar-refractivity contribution is 5.92. The van der Waals surface area contributed by atoms with Gasteiger partial charge in [-0.25, -0.2) is 0 Å². The molecule has 15 heavy (non-hydrogen) atoms. The minimum Gasteiger partial charge on any atom is -0.347 e. The summed E-state index contributed by atoms with van der Waals surface area (Å²) in [5, 5.41) is 1.41. The second-order valence-corrected chi connectivity index (χ2v) is 4.74. The molecule has 2 aromatic rings. The number of aryl methyl sites for hydroxylation is 1. The van der Waals surface area contributed by atoms with Gasteiger partial charge in [-0.05, 0) is 18.4 Å². The van der Waals surface area contributed by atoms with E-state index in [4.69, 9.17) is 0 Å². The van der Waals surface area contributed by atoms with Crippen LogP contribution in [0.15, 0.2) is 30.3 Å². The maximum absolute atomic E-state index is 2.39. The van der Waals surface area contributed by atoms with Crippen molar-refractivity contribution >= 4 is 17.0 Å². The van der Waals surface area contributed by atoms with Gasteiger partial charge in [-0.3, -0.25) is 0 Å². The third-order valence-electron chi connectivity index (χ3n) is 3.89. The molecule has 0 N–H and O–H groups in total. The molecule has 1 heterocycles. The van der Waals surface area contributed by atoms with E-state index in [1.54, 1.807) is 5.69 Å². The number of nitrogens with zero attached hydrogens (tertiary/aromatic N) is 1. The standard InChI is InChI=1S/C14H13N/c1-15-13-5-3-2-4-10(13)11-7-6-9-8-12(9)14(11)15/h2-7,9,12H,8H2,1H3. The first kappa shape index (κ1) is 7.75. The molecule has 2 aliphatic rings. The van der Waals surface area contributed by atoms with Crippen LogP contribution < -0.4 is 0 Å². The predicted molar refractivity (Wildman–Crippen MR) is 62.8 cm³/mol. The average molecular weight is 195 g/mol. The lowest BCUT2D eigenvalue weighted by Crippen LogP contribution is -1.98. The molecular weight excluding hydrogens is 182 g/mol. The van der Waals surface area contributed by atoms with E-state index >= 15 is 0 Å². The number of para-hydroxylation sites is 1. The maximum atomic E-state index is 2.39. The highest BCUT2D eigenvalue weighted by atomic mass is 15.0. The number of rotatable bonds is 0. The Morgan fingerprint density at radius 1 is 1.27 bits per heavy atom. The molecule has 2 atom stereocenters. The summed E-state index contributed by atoms with van der Waals surface area (Å²) in [6, 6.07) is 8.72. The van der Waals surface area contributed by atoms with Gasteiger partial charge in [-0.15, -0.1) is 0 Å². The zero-order valence-electron chi connectivity index (χ0n) is 8.77. The van der Waals surface area contributed by atoms with E-state index in [1.807, 2.05) is 0 Å². The van der Waals surface area contributed by atoms with Crippen LogP contribution in [0, 0.1) is 5.92 Å². The van der Waals surface area contributed by atoms with E-state index in [1.165, 1.54) is 22.9 Å². The molecule has 0 radical (unpaired) electrons. The van der Waals surface area contributed by atoms with Crippen LogP contribution in [0.25, 0.3) is 17.0 Å². The highest BCUT2D eigenvalue weighted by Gasteiger charge is 2.42. The Morgan fingerprint density at radius 2 is 2.13 bits per heavy atom. The number of benzene rings is 1. The summed E-state index contributed by atoms with van der Waals surface area (Å²) in [4.78, 5) is 0. The largest absolute Gasteiger partial charge is 0.347 e. The highest BCUT2D eigenvalue weighted by Crippen LogP contribution is 2.54. The Labute approximate surface area is 89.0 Å². The van der Waals surface area contributed by atoms with Gasteiger partial charge in [-0.1, -0.05) is 30.4 Å². The van der Waals surface area contributed by atoms with Gasteiger partial charge in [0.1, 0.15) is 0 Å². The van der Waals surface area contributed by atoms with Crippen LogP contribution >= 0.6 is 0 Å². The number of fused-ring (bicyclic) bond motifs is 5. The fourth-order valence-electron chi connectivity index (χ4n) is 3.03. The van der Waals surface area contributed by atoms with Crippen molar-refractivity contribution in [3.05, 3.63) is 41.6 Å². The zero-order chi connectivity index (χ0) is 9.99. The van der Waals surface area contributed by atoms with Gasteiger partial charge < -0.3 is 4.57 Å². The van der Waals surface area contributed by atoms with Gasteiger partial charge in [0.25, 0.3) is 0 Å². The fraction of sp³-hybridized carbons (Fsp3) is 0.286. The molecule has 2 aliphatic carbocycles. The van der Waals surface area contributed by atoms with Crippen molar-refractivity contribution in [2.75, 3.05) is 0 Å². The van der Waals surface area contributed by atoms with Gasteiger partial charge in [0.05, 0.1) is 0 Å². The molecule has 0 saturated heterocycles. The van der Waals surface area contributed by atoms with Crippen molar-refractivity contribution in [1.82, 2.24) is 4.57 Å². The van der Waals surface area contributed by atoms with Crippen LogP contribution in [0.3, 0.4) is 0 Å². The minimum atomic E-state index is 0.808. The molecule has 0 bridgehead atoms. The fourth-order valence-corrected chi connectivity index (χ4v) is 3.03. The summed E-state index contributed by atoms with van der Waals surface area (Å²) in [5.41, 5.74) is 4.40. The third-order valence-corrected chi connectivity index (χ3v) is 3.89. The van der Waals surface area contributed by atoms with Crippen molar-refractivity contribution in [3.63, 3.8) is 0 Å². The molecule has 74 valence electrons. The SMILES string of the molecule is Cn1c2c(c3ccccc31)C=CC1CC21. The van der Waals surface area contributed by atoms with E-state index in [0.717, 1.165) is 11.8 Å². The van der Waals surface area contributed by atoms with Gasteiger partial charge in [0.2, 0.25) is 0 Å². The molecule has 1 fully saturated rings. The van der Waals surface area contributed by atoms with Crippen LogP contribution in [-0.2, 0) is 7.05 Å². The van der Waals surface area contributed by atoms with Crippen LogP contribution in [0.4, 0.5) is 0 Å². The van der Waals surface area contributed by atoms with Gasteiger partial charge in [0.15, 0.2) is 0 Å². The van der Waals surface area contributed by atoms with Crippen LogP contribution in [0.5, 0.6) is 0 Å².